The van der Waals surface area contributed by atoms with E-state index in [0.717, 1.165) is 31.6 Å². The van der Waals surface area contributed by atoms with Crippen molar-refractivity contribution in [3.8, 4) is 0 Å². The van der Waals surface area contributed by atoms with Gasteiger partial charge in [-0.05, 0) is 36.5 Å². The van der Waals surface area contributed by atoms with Crippen LogP contribution in [-0.4, -0.2) is 27.2 Å². The lowest BCUT2D eigenvalue weighted by Gasteiger charge is -2.28. The van der Waals surface area contributed by atoms with Crippen LogP contribution in [0.25, 0.3) is 0 Å². The molecule has 0 fully saturated rings. The van der Waals surface area contributed by atoms with Gasteiger partial charge >= 0.3 is 0 Å². The summed E-state index contributed by atoms with van der Waals surface area (Å²) in [5.41, 5.74) is 0.236. The molecule has 0 saturated heterocycles. The van der Waals surface area contributed by atoms with Crippen molar-refractivity contribution >= 4 is 11.8 Å². The molecule has 5 nitrogen and oxygen atoms in total. The predicted octanol–water partition coefficient (Wildman–Crippen LogP) is 2.24. The Labute approximate surface area is 101 Å². The number of H-pyrrole nitrogens is 1. The second kappa shape index (κ2) is 6.15. The number of rotatable bonds is 7. The summed E-state index contributed by atoms with van der Waals surface area (Å²) >= 11 is 5.59. The molecule has 0 aliphatic heterocycles. The van der Waals surface area contributed by atoms with E-state index in [1.807, 2.05) is 0 Å². The van der Waals surface area contributed by atoms with Crippen LogP contribution in [-0.2, 0) is 0 Å². The van der Waals surface area contributed by atoms with Gasteiger partial charge in [0.1, 0.15) is 0 Å². The van der Waals surface area contributed by atoms with Crippen LogP contribution in [0.15, 0.2) is 0 Å². The number of hydrogen-bond donors (Lipinski definition) is 2. The summed E-state index contributed by atoms with van der Waals surface area (Å²) in [6.07, 6.45) is 3.24. The fourth-order valence-electron chi connectivity index (χ4n) is 1.62. The predicted molar refractivity (Wildman–Crippen MR) is 64.1 cm³/mol. The molecule has 0 aromatic carbocycles. The lowest BCUT2D eigenvalue weighted by Crippen LogP contribution is -2.27. The molecule has 1 rings (SSSR count). The molecular weight excluding hydrogens is 226 g/mol. The molecule has 1 heterocycles. The second-order valence-electron chi connectivity index (χ2n) is 4.68. The third kappa shape index (κ3) is 3.72. The van der Waals surface area contributed by atoms with Crippen molar-refractivity contribution in [3.05, 3.63) is 5.82 Å². The van der Waals surface area contributed by atoms with Crippen molar-refractivity contribution in [1.82, 2.24) is 25.5 Å². The molecule has 6 heteroatoms. The van der Waals surface area contributed by atoms with Gasteiger partial charge in [0.15, 0.2) is 5.82 Å². The first-order chi connectivity index (χ1) is 7.61. The lowest BCUT2D eigenvalue weighted by atomic mass is 9.81. The Morgan fingerprint density at radius 3 is 2.81 bits per heavy atom. The van der Waals surface area contributed by atoms with Crippen LogP contribution >= 0.6 is 11.8 Å². The quantitative estimate of drug-likeness (QED) is 0.723. The normalized spacial score (nSPS) is 17.0. The minimum Gasteiger partial charge on any atom is -0.233 e. The topological polar surface area (TPSA) is 66.5 Å². The van der Waals surface area contributed by atoms with E-state index in [2.05, 4.69) is 46.2 Å². The number of hydrogen-bond acceptors (Lipinski definition) is 4. The standard InChI is InChI=1S/C10H20ClN5/c1-4-10(3,7-12-11)6-5-8(2)9-13-15-16-14-9/h8,12H,4-7H2,1-3H3,(H,13,14,15,16). The van der Waals surface area contributed by atoms with Gasteiger partial charge in [0.25, 0.3) is 0 Å². The van der Waals surface area contributed by atoms with E-state index < -0.39 is 0 Å². The molecule has 16 heavy (non-hydrogen) atoms. The first-order valence-corrected chi connectivity index (χ1v) is 6.06. The third-order valence-electron chi connectivity index (χ3n) is 3.33. The minimum atomic E-state index is 0.236. The monoisotopic (exact) mass is 245 g/mol. The summed E-state index contributed by atoms with van der Waals surface area (Å²) in [6, 6.07) is 0. The largest absolute Gasteiger partial charge is 0.233 e. The van der Waals surface area contributed by atoms with Gasteiger partial charge in [-0.25, -0.2) is 4.84 Å². The van der Waals surface area contributed by atoms with Gasteiger partial charge in [-0.1, -0.05) is 26.0 Å². The van der Waals surface area contributed by atoms with Crippen molar-refractivity contribution in [3.63, 3.8) is 0 Å². The van der Waals surface area contributed by atoms with Crippen LogP contribution in [0.2, 0.25) is 0 Å². The molecule has 0 bridgehead atoms. The first-order valence-electron chi connectivity index (χ1n) is 5.68. The van der Waals surface area contributed by atoms with Crippen LogP contribution in [0.1, 0.15) is 51.8 Å². The third-order valence-corrected chi connectivity index (χ3v) is 3.46. The summed E-state index contributed by atoms with van der Waals surface area (Å²) in [5.74, 6) is 1.12. The van der Waals surface area contributed by atoms with Gasteiger partial charge in [-0.2, -0.15) is 5.21 Å². The molecule has 0 aliphatic carbocycles. The maximum absolute atomic E-state index is 5.59. The molecular formula is C10H20ClN5. The maximum Gasteiger partial charge on any atom is 0.177 e. The fraction of sp³-hybridized carbons (Fsp3) is 0.900. The Kier molecular flexibility index (Phi) is 5.15. The van der Waals surface area contributed by atoms with Crippen LogP contribution in [0.4, 0.5) is 0 Å². The van der Waals surface area contributed by atoms with Gasteiger partial charge in [-0.15, -0.1) is 10.2 Å². The van der Waals surface area contributed by atoms with Crippen LogP contribution in [0, 0.1) is 5.41 Å². The second-order valence-corrected chi connectivity index (χ2v) is 4.95. The van der Waals surface area contributed by atoms with Crippen LogP contribution < -0.4 is 4.84 Å². The zero-order valence-electron chi connectivity index (χ0n) is 10.1. The molecule has 1 aromatic rings. The molecule has 92 valence electrons. The van der Waals surface area contributed by atoms with E-state index in [0.29, 0.717) is 5.92 Å². The van der Waals surface area contributed by atoms with E-state index in [9.17, 15) is 0 Å². The molecule has 1 aromatic heterocycles. The highest BCUT2D eigenvalue weighted by Crippen LogP contribution is 2.30. The van der Waals surface area contributed by atoms with E-state index in [1.54, 1.807) is 0 Å². The van der Waals surface area contributed by atoms with Crippen molar-refractivity contribution in [2.45, 2.75) is 46.0 Å². The summed E-state index contributed by atoms with van der Waals surface area (Å²) in [6.45, 7) is 7.37. The number of aromatic amines is 1. The summed E-state index contributed by atoms with van der Waals surface area (Å²) in [5, 5.41) is 14.1. The molecule has 0 spiro atoms. The van der Waals surface area contributed by atoms with Gasteiger partial charge in [0.2, 0.25) is 0 Å². The van der Waals surface area contributed by atoms with E-state index in [1.165, 1.54) is 0 Å². The Bertz CT molecular complexity index is 289. The van der Waals surface area contributed by atoms with Crippen LogP contribution in [0.5, 0.6) is 0 Å². The molecule has 0 saturated carbocycles. The number of tetrazole rings is 1. The Morgan fingerprint density at radius 1 is 1.56 bits per heavy atom. The van der Waals surface area contributed by atoms with Gasteiger partial charge < -0.3 is 0 Å². The molecule has 0 radical (unpaired) electrons. The molecule has 2 N–H and O–H groups in total. The summed E-state index contributed by atoms with van der Waals surface area (Å²) in [4.78, 5) is 2.74. The lowest BCUT2D eigenvalue weighted by molar-refractivity contribution is 0.271. The summed E-state index contributed by atoms with van der Waals surface area (Å²) in [7, 11) is 0. The first kappa shape index (κ1) is 13.4. The zero-order valence-corrected chi connectivity index (χ0v) is 10.9. The highest BCUT2D eigenvalue weighted by Gasteiger charge is 2.23. The molecule has 0 aliphatic rings. The smallest absolute Gasteiger partial charge is 0.177 e. The molecule has 2 atom stereocenters. The van der Waals surface area contributed by atoms with Gasteiger partial charge in [0.05, 0.1) is 0 Å². The van der Waals surface area contributed by atoms with Gasteiger partial charge in [0, 0.05) is 12.5 Å². The average Bonchev–Trinajstić information content (AvgIpc) is 2.80. The van der Waals surface area contributed by atoms with Crippen molar-refractivity contribution in [1.29, 1.82) is 0 Å². The average molecular weight is 246 g/mol. The number of nitrogens with zero attached hydrogens (tertiary/aromatic N) is 3. The minimum absolute atomic E-state index is 0.236. The number of halogens is 1. The number of nitrogens with one attached hydrogen (secondary N) is 2. The molecule has 2 unspecified atom stereocenters. The molecule has 0 amide bonds. The van der Waals surface area contributed by atoms with Crippen LogP contribution in [0.3, 0.4) is 0 Å². The Morgan fingerprint density at radius 2 is 2.31 bits per heavy atom. The zero-order chi connectivity index (χ0) is 12.0. The highest BCUT2D eigenvalue weighted by atomic mass is 35.5. The fourth-order valence-corrected chi connectivity index (χ4v) is 1.95. The van der Waals surface area contributed by atoms with Crippen molar-refractivity contribution in [2.75, 3.05) is 6.54 Å². The maximum atomic E-state index is 5.59. The Hall–Kier alpha value is -0.680. The number of aromatic nitrogens is 4. The van der Waals surface area contributed by atoms with Crippen molar-refractivity contribution < 1.29 is 0 Å². The van der Waals surface area contributed by atoms with Gasteiger partial charge in [-0.3, -0.25) is 0 Å². The van der Waals surface area contributed by atoms with E-state index in [4.69, 9.17) is 11.8 Å². The summed E-state index contributed by atoms with van der Waals surface area (Å²) < 4.78 is 0. The van der Waals surface area contributed by atoms with E-state index >= 15 is 0 Å². The van der Waals surface area contributed by atoms with E-state index in [-0.39, 0.29) is 5.41 Å². The Balaban J connectivity index is 2.43. The SMILES string of the molecule is CCC(C)(CCC(C)c1nn[nH]n1)CNCl. The van der Waals surface area contributed by atoms with Crippen molar-refractivity contribution in [2.24, 2.45) is 5.41 Å². The highest BCUT2D eigenvalue weighted by molar-refractivity contribution is 6.13.